The molecule has 13 heteroatoms. The molecule has 5 rings (SSSR count). The van der Waals surface area contributed by atoms with Gasteiger partial charge in [-0.3, -0.25) is 9.36 Å². The largest absolute Gasteiger partial charge is 0.480 e. The van der Waals surface area contributed by atoms with Gasteiger partial charge in [-0.1, -0.05) is 6.07 Å². The maximum Gasteiger partial charge on any atom is 0.425 e. The zero-order valence-corrected chi connectivity index (χ0v) is 19.3. The zero-order valence-electron chi connectivity index (χ0n) is 19.3. The van der Waals surface area contributed by atoms with Crippen molar-refractivity contribution in [2.24, 2.45) is 5.41 Å². The van der Waals surface area contributed by atoms with Crippen LogP contribution < -0.4 is 15.7 Å². The molecule has 0 radical (unpaired) electrons. The van der Waals surface area contributed by atoms with Crippen molar-refractivity contribution < 1.29 is 35.9 Å². The fraction of sp³-hybridized carbons (Fsp3) is 0.375. The van der Waals surface area contributed by atoms with Gasteiger partial charge in [0.25, 0.3) is 5.91 Å². The van der Waals surface area contributed by atoms with Crippen molar-refractivity contribution in [2.45, 2.75) is 51.4 Å². The molecule has 2 aromatic carbocycles. The van der Waals surface area contributed by atoms with Crippen LogP contribution in [-0.2, 0) is 13.0 Å². The average Bonchev–Trinajstić information content (AvgIpc) is 3.49. The van der Waals surface area contributed by atoms with Crippen LogP contribution in [0.2, 0.25) is 0 Å². The van der Waals surface area contributed by atoms with Gasteiger partial charge in [-0.05, 0) is 49.8 Å². The summed E-state index contributed by atoms with van der Waals surface area (Å²) in [5.74, 6) is -5.14. The Kier molecular flexibility index (Phi) is 5.83. The molecule has 1 fully saturated rings. The minimum atomic E-state index is -4.86. The van der Waals surface area contributed by atoms with Crippen LogP contribution in [0.1, 0.15) is 42.4 Å². The number of fused-ring (bicyclic) bond motifs is 1. The van der Waals surface area contributed by atoms with E-state index in [-0.39, 0.29) is 5.41 Å². The zero-order chi connectivity index (χ0) is 26.7. The minimum Gasteiger partial charge on any atom is -0.480 e. The third-order valence-electron chi connectivity index (χ3n) is 6.78. The lowest BCUT2D eigenvalue weighted by molar-refractivity contribution is -0.189. The number of alkyl halides is 3. The smallest absolute Gasteiger partial charge is 0.425 e. The number of para-hydroxylation sites is 1. The standard InChI is InChI=1S/C24H20F6N4O3/c1-12(24(28,29)30)37-18-10-17(34-22(36)33-8-7-23(5-6-23)11-19(33)32-34)16(27)9-13(18)21(35)31-20-14(25)3-2-4-15(20)26/h2-4,9-10,12H,5-8,11H2,1H3,(H,31,35)/t12-/m0/s1. The van der Waals surface area contributed by atoms with Crippen molar-refractivity contribution in [3.05, 3.63) is 69.7 Å². The van der Waals surface area contributed by atoms with Crippen LogP contribution in [0.5, 0.6) is 5.75 Å². The summed E-state index contributed by atoms with van der Waals surface area (Å²) in [6, 6.07) is 4.03. The number of benzene rings is 2. The van der Waals surface area contributed by atoms with Crippen LogP contribution in [0.25, 0.3) is 5.69 Å². The van der Waals surface area contributed by atoms with Gasteiger partial charge in [0.05, 0.1) is 5.56 Å². The molecule has 2 aliphatic rings. The molecule has 1 atom stereocenters. The lowest BCUT2D eigenvalue weighted by atomic mass is 9.95. The summed E-state index contributed by atoms with van der Waals surface area (Å²) in [5.41, 5.74) is -2.79. The Balaban J connectivity index is 1.57. The number of ether oxygens (including phenoxy) is 1. The molecule has 1 aliphatic heterocycles. The van der Waals surface area contributed by atoms with E-state index in [1.165, 1.54) is 4.57 Å². The van der Waals surface area contributed by atoms with Gasteiger partial charge in [0.1, 0.15) is 40.4 Å². The van der Waals surface area contributed by atoms with Gasteiger partial charge in [-0.15, -0.1) is 5.10 Å². The fourth-order valence-electron chi connectivity index (χ4n) is 4.36. The van der Waals surface area contributed by atoms with Crippen LogP contribution >= 0.6 is 0 Å². The van der Waals surface area contributed by atoms with Gasteiger partial charge < -0.3 is 10.1 Å². The van der Waals surface area contributed by atoms with E-state index in [9.17, 15) is 31.5 Å². The predicted octanol–water partition coefficient (Wildman–Crippen LogP) is 4.76. The molecule has 37 heavy (non-hydrogen) atoms. The van der Waals surface area contributed by atoms with E-state index >= 15 is 4.39 Å². The summed E-state index contributed by atoms with van der Waals surface area (Å²) in [6.45, 7) is 1.04. The molecule has 1 aliphatic carbocycles. The second kappa shape index (κ2) is 8.67. The van der Waals surface area contributed by atoms with Gasteiger partial charge >= 0.3 is 11.9 Å². The van der Waals surface area contributed by atoms with Crippen molar-refractivity contribution in [1.29, 1.82) is 0 Å². The first-order chi connectivity index (χ1) is 17.4. The molecular weight excluding hydrogens is 506 g/mol. The molecule has 0 bridgehead atoms. The second-order valence-electron chi connectivity index (χ2n) is 9.34. The molecule has 1 spiro atoms. The van der Waals surface area contributed by atoms with Crippen LogP contribution in [0, 0.1) is 22.9 Å². The van der Waals surface area contributed by atoms with Crippen LogP contribution in [0.15, 0.2) is 35.1 Å². The third kappa shape index (κ3) is 4.58. The summed E-state index contributed by atoms with van der Waals surface area (Å²) in [7, 11) is 0. The summed E-state index contributed by atoms with van der Waals surface area (Å²) < 4.78 is 90.1. The summed E-state index contributed by atoms with van der Waals surface area (Å²) in [6.07, 6.45) is -4.05. The van der Waals surface area contributed by atoms with Gasteiger partial charge in [0, 0.05) is 19.0 Å². The highest BCUT2D eigenvalue weighted by Crippen LogP contribution is 2.53. The first-order valence-corrected chi connectivity index (χ1v) is 11.4. The number of carbonyl (C=O) groups is 1. The first kappa shape index (κ1) is 24.9. The fourth-order valence-corrected chi connectivity index (χ4v) is 4.36. The molecule has 1 aromatic heterocycles. The molecule has 0 unspecified atom stereocenters. The number of nitrogens with zero attached hydrogens (tertiary/aromatic N) is 3. The quantitative estimate of drug-likeness (QED) is 0.487. The van der Waals surface area contributed by atoms with E-state index in [2.05, 4.69) is 5.10 Å². The number of aromatic nitrogens is 3. The van der Waals surface area contributed by atoms with Crippen LogP contribution in [0.3, 0.4) is 0 Å². The van der Waals surface area contributed by atoms with E-state index in [1.807, 2.05) is 5.32 Å². The first-order valence-electron chi connectivity index (χ1n) is 11.4. The number of hydrogen-bond donors (Lipinski definition) is 1. The van der Waals surface area contributed by atoms with E-state index in [4.69, 9.17) is 4.74 Å². The topological polar surface area (TPSA) is 78.2 Å². The normalized spacial score (nSPS) is 16.8. The molecular formula is C24H20F6N4O3. The van der Waals surface area contributed by atoms with E-state index < -0.39 is 64.0 Å². The maximum atomic E-state index is 15.2. The predicted molar refractivity (Wildman–Crippen MR) is 118 cm³/mol. The lowest BCUT2D eigenvalue weighted by Gasteiger charge is -2.20. The highest BCUT2D eigenvalue weighted by molar-refractivity contribution is 6.06. The Morgan fingerprint density at radius 2 is 1.78 bits per heavy atom. The van der Waals surface area contributed by atoms with Crippen LogP contribution in [-0.4, -0.2) is 32.5 Å². The van der Waals surface area contributed by atoms with Crippen molar-refractivity contribution in [2.75, 3.05) is 5.32 Å². The molecule has 196 valence electrons. The maximum absolute atomic E-state index is 15.2. The number of rotatable bonds is 5. The lowest BCUT2D eigenvalue weighted by Crippen LogP contribution is -2.32. The second-order valence-corrected chi connectivity index (χ2v) is 9.34. The van der Waals surface area contributed by atoms with Crippen molar-refractivity contribution in [3.8, 4) is 11.4 Å². The Morgan fingerprint density at radius 1 is 1.11 bits per heavy atom. The SMILES string of the molecule is C[C@H](Oc1cc(-n2nc3n(c2=O)CCC2(CC2)C3)c(F)cc1C(=O)Nc1c(F)cccc1F)C(F)(F)F. The molecule has 1 saturated carbocycles. The number of nitrogens with one attached hydrogen (secondary N) is 1. The van der Waals surface area contributed by atoms with E-state index in [0.29, 0.717) is 31.8 Å². The Labute approximate surface area is 205 Å². The molecule has 1 N–H and O–H groups in total. The Bertz CT molecular complexity index is 1440. The van der Waals surface area contributed by atoms with Gasteiger partial charge in [-0.25, -0.2) is 18.0 Å². The summed E-state index contributed by atoms with van der Waals surface area (Å²) >= 11 is 0. The van der Waals surface area contributed by atoms with Gasteiger partial charge in [0.15, 0.2) is 6.10 Å². The highest BCUT2D eigenvalue weighted by atomic mass is 19.4. The van der Waals surface area contributed by atoms with Gasteiger partial charge in [-0.2, -0.15) is 17.9 Å². The van der Waals surface area contributed by atoms with Crippen molar-refractivity contribution in [3.63, 3.8) is 0 Å². The molecule has 3 aromatic rings. The monoisotopic (exact) mass is 526 g/mol. The molecule has 7 nitrogen and oxygen atoms in total. The average molecular weight is 526 g/mol. The number of anilines is 1. The highest BCUT2D eigenvalue weighted by Gasteiger charge is 2.46. The van der Waals surface area contributed by atoms with Gasteiger partial charge in [0.2, 0.25) is 0 Å². The summed E-state index contributed by atoms with van der Waals surface area (Å²) in [4.78, 5) is 25.8. The number of amides is 1. The minimum absolute atomic E-state index is 0.0739. The summed E-state index contributed by atoms with van der Waals surface area (Å²) in [5, 5.41) is 6.10. The van der Waals surface area contributed by atoms with E-state index in [1.54, 1.807) is 0 Å². The van der Waals surface area contributed by atoms with Crippen LogP contribution in [0.4, 0.5) is 32.0 Å². The number of hydrogen-bond acceptors (Lipinski definition) is 4. The number of carbonyl (C=O) groups excluding carboxylic acids is 1. The van der Waals surface area contributed by atoms with Crippen molar-refractivity contribution >= 4 is 11.6 Å². The third-order valence-corrected chi connectivity index (χ3v) is 6.78. The Hall–Kier alpha value is -3.77. The van der Waals surface area contributed by atoms with Crippen molar-refractivity contribution in [1.82, 2.24) is 14.3 Å². The van der Waals surface area contributed by atoms with E-state index in [0.717, 1.165) is 48.2 Å². The molecule has 2 heterocycles. The molecule has 1 amide bonds. The molecule has 0 saturated heterocycles. The Morgan fingerprint density at radius 3 is 2.41 bits per heavy atom. The number of halogens is 6.